The van der Waals surface area contributed by atoms with Crippen molar-refractivity contribution in [2.24, 2.45) is 12.5 Å². The Kier molecular flexibility index (Phi) is 6.39. The van der Waals surface area contributed by atoms with E-state index in [4.69, 9.17) is 0 Å². The molecular weight excluding hydrogens is 424 g/mol. The van der Waals surface area contributed by atoms with E-state index in [-0.39, 0.29) is 11.2 Å². The van der Waals surface area contributed by atoms with E-state index in [0.29, 0.717) is 6.42 Å². The molecule has 0 saturated heterocycles. The van der Waals surface area contributed by atoms with Crippen LogP contribution in [0.25, 0.3) is 0 Å². The Morgan fingerprint density at radius 3 is 2.31 bits per heavy atom. The summed E-state index contributed by atoms with van der Waals surface area (Å²) in [5.74, 6) is -6.60. The van der Waals surface area contributed by atoms with Gasteiger partial charge in [-0.25, -0.2) is 8.78 Å². The molecule has 2 saturated carbocycles. The molecule has 2 fully saturated rings. The molecule has 1 atom stereocenters. The maximum absolute atomic E-state index is 13.8. The van der Waals surface area contributed by atoms with Gasteiger partial charge < -0.3 is 16.0 Å². The number of carbonyl (C=O) groups is 4. The zero-order chi connectivity index (χ0) is 23.7. The monoisotopic (exact) mass is 453 g/mol. The number of halogens is 2. The zero-order valence-corrected chi connectivity index (χ0v) is 18.5. The second kappa shape index (κ2) is 8.59. The van der Waals surface area contributed by atoms with Crippen LogP contribution in [0.2, 0.25) is 0 Å². The fraction of sp³-hybridized carbons (Fsp3) is 0.667. The van der Waals surface area contributed by atoms with E-state index in [2.05, 4.69) is 21.0 Å². The van der Waals surface area contributed by atoms with Crippen molar-refractivity contribution in [1.82, 2.24) is 20.4 Å². The molecule has 1 aromatic rings. The van der Waals surface area contributed by atoms with E-state index < -0.39 is 53.8 Å². The molecule has 0 spiro atoms. The molecule has 1 unspecified atom stereocenters. The first-order chi connectivity index (χ1) is 14.8. The standard InChI is InChI=1S/C21H29F2N5O4/c1-13(29)24-14(10-19(2)7-4-5-8-19)17(31)26-20(11-21(22,23)12-20)16(30)18(32)25-15-6-9-28(3)27-15/h6,9,14H,4-5,7-8,10-12H2,1-3H3,(H,24,29)(H,26,31)(H,25,27,32). The lowest BCUT2D eigenvalue weighted by atomic mass is 9.69. The van der Waals surface area contributed by atoms with Crippen LogP contribution in [0.4, 0.5) is 14.6 Å². The van der Waals surface area contributed by atoms with Gasteiger partial charge in [0.05, 0.1) is 0 Å². The van der Waals surface area contributed by atoms with Crippen LogP contribution in [0, 0.1) is 5.41 Å². The lowest BCUT2D eigenvalue weighted by Gasteiger charge is -2.46. The minimum atomic E-state index is -3.19. The minimum absolute atomic E-state index is 0.0868. The molecule has 1 aromatic heterocycles. The van der Waals surface area contributed by atoms with Gasteiger partial charge in [-0.15, -0.1) is 0 Å². The normalized spacial score (nSPS) is 21.2. The van der Waals surface area contributed by atoms with Gasteiger partial charge in [0, 0.05) is 39.1 Å². The largest absolute Gasteiger partial charge is 0.345 e. The van der Waals surface area contributed by atoms with Crippen LogP contribution < -0.4 is 16.0 Å². The zero-order valence-electron chi connectivity index (χ0n) is 18.5. The number of anilines is 1. The molecule has 32 heavy (non-hydrogen) atoms. The van der Waals surface area contributed by atoms with Gasteiger partial charge in [0.25, 0.3) is 11.8 Å². The molecule has 3 N–H and O–H groups in total. The summed E-state index contributed by atoms with van der Waals surface area (Å²) in [7, 11) is 1.61. The molecule has 0 bridgehead atoms. The summed E-state index contributed by atoms with van der Waals surface area (Å²) in [5, 5.41) is 11.2. The second-order valence-electron chi connectivity index (χ2n) is 9.41. The summed E-state index contributed by atoms with van der Waals surface area (Å²) >= 11 is 0. The highest BCUT2D eigenvalue weighted by molar-refractivity contribution is 6.44. The molecule has 0 aliphatic heterocycles. The van der Waals surface area contributed by atoms with Crippen LogP contribution in [-0.4, -0.2) is 50.8 Å². The molecule has 2 aliphatic carbocycles. The predicted molar refractivity (Wildman–Crippen MR) is 111 cm³/mol. The molecule has 2 aliphatic rings. The van der Waals surface area contributed by atoms with Crippen molar-refractivity contribution in [2.45, 2.75) is 76.3 Å². The Morgan fingerprint density at radius 2 is 1.81 bits per heavy atom. The maximum Gasteiger partial charge on any atom is 0.295 e. The van der Waals surface area contributed by atoms with Crippen molar-refractivity contribution < 1.29 is 28.0 Å². The molecule has 9 nitrogen and oxygen atoms in total. The van der Waals surface area contributed by atoms with Crippen molar-refractivity contribution in [1.29, 1.82) is 0 Å². The van der Waals surface area contributed by atoms with Crippen molar-refractivity contribution in [3.63, 3.8) is 0 Å². The van der Waals surface area contributed by atoms with Crippen LogP contribution >= 0.6 is 0 Å². The predicted octanol–water partition coefficient (Wildman–Crippen LogP) is 1.69. The minimum Gasteiger partial charge on any atom is -0.345 e. The van der Waals surface area contributed by atoms with E-state index in [1.54, 1.807) is 7.05 Å². The van der Waals surface area contributed by atoms with Crippen LogP contribution in [0.15, 0.2) is 12.3 Å². The Hall–Kier alpha value is -2.85. The second-order valence-corrected chi connectivity index (χ2v) is 9.41. The SMILES string of the molecule is CC(=O)NC(CC1(C)CCCC1)C(=O)NC1(C(=O)C(=O)Nc2ccn(C)n2)CC(F)(F)C1. The average Bonchev–Trinajstić information content (AvgIpc) is 3.26. The van der Waals surface area contributed by atoms with Gasteiger partial charge >= 0.3 is 0 Å². The molecule has 0 aromatic carbocycles. The Balaban J connectivity index is 1.76. The summed E-state index contributed by atoms with van der Waals surface area (Å²) in [6.07, 6.45) is 3.67. The third-order valence-corrected chi connectivity index (χ3v) is 6.28. The number of alkyl halides is 2. The van der Waals surface area contributed by atoms with Gasteiger partial charge in [-0.2, -0.15) is 5.10 Å². The summed E-state index contributed by atoms with van der Waals surface area (Å²) in [5.41, 5.74) is -2.21. The number of aromatic nitrogens is 2. The quantitative estimate of drug-likeness (QED) is 0.517. The maximum atomic E-state index is 13.8. The lowest BCUT2D eigenvalue weighted by Crippen LogP contribution is -2.70. The van der Waals surface area contributed by atoms with Crippen LogP contribution in [-0.2, 0) is 26.2 Å². The summed E-state index contributed by atoms with van der Waals surface area (Å²) in [4.78, 5) is 50.0. The highest BCUT2D eigenvalue weighted by atomic mass is 19.3. The van der Waals surface area contributed by atoms with Gasteiger partial charge in [0.2, 0.25) is 17.6 Å². The van der Waals surface area contributed by atoms with Gasteiger partial charge in [-0.05, 0) is 24.7 Å². The Labute approximate surface area is 184 Å². The smallest absolute Gasteiger partial charge is 0.295 e. The average molecular weight is 453 g/mol. The molecule has 11 heteroatoms. The van der Waals surface area contributed by atoms with Gasteiger partial charge in [-0.1, -0.05) is 19.8 Å². The van der Waals surface area contributed by atoms with E-state index in [0.717, 1.165) is 25.7 Å². The summed E-state index contributed by atoms with van der Waals surface area (Å²) in [6.45, 7) is 3.27. The Morgan fingerprint density at radius 1 is 1.19 bits per heavy atom. The van der Waals surface area contributed by atoms with Gasteiger partial charge in [0.15, 0.2) is 5.82 Å². The summed E-state index contributed by atoms with van der Waals surface area (Å²) in [6, 6.07) is 0.453. The summed E-state index contributed by atoms with van der Waals surface area (Å²) < 4.78 is 29.0. The van der Waals surface area contributed by atoms with E-state index >= 15 is 0 Å². The van der Waals surface area contributed by atoms with Crippen LogP contribution in [0.3, 0.4) is 0 Å². The molecule has 1 heterocycles. The number of Topliss-reactive ketones (excluding diaryl/α,β-unsaturated/α-hetero) is 1. The third kappa shape index (κ3) is 5.31. The Bertz CT molecular complexity index is 915. The lowest BCUT2D eigenvalue weighted by molar-refractivity contribution is -0.167. The first-order valence-electron chi connectivity index (χ1n) is 10.7. The molecular formula is C21H29F2N5O4. The molecule has 3 rings (SSSR count). The number of nitrogens with zero attached hydrogens (tertiary/aromatic N) is 2. The number of aryl methyl sites for hydroxylation is 1. The van der Waals surface area contributed by atoms with E-state index in [1.807, 2.05) is 6.92 Å². The van der Waals surface area contributed by atoms with Crippen LogP contribution in [0.1, 0.15) is 58.8 Å². The number of amides is 3. The number of hydrogen-bond donors (Lipinski definition) is 3. The van der Waals surface area contributed by atoms with E-state index in [1.165, 1.54) is 23.9 Å². The highest BCUT2D eigenvalue weighted by Gasteiger charge is 2.63. The first kappa shape index (κ1) is 23.8. The van der Waals surface area contributed by atoms with Gasteiger partial charge in [0.1, 0.15) is 11.6 Å². The topological polar surface area (TPSA) is 122 Å². The number of nitrogens with one attached hydrogen (secondary N) is 3. The van der Waals surface area contributed by atoms with E-state index in [9.17, 15) is 28.0 Å². The molecule has 0 radical (unpaired) electrons. The van der Waals surface area contributed by atoms with Crippen molar-refractivity contribution >= 4 is 29.3 Å². The molecule has 176 valence electrons. The number of carbonyl (C=O) groups excluding carboxylic acids is 4. The fourth-order valence-electron chi connectivity index (χ4n) is 4.71. The van der Waals surface area contributed by atoms with Gasteiger partial charge in [-0.3, -0.25) is 23.9 Å². The number of ketones is 1. The number of hydrogen-bond acceptors (Lipinski definition) is 5. The molecule has 3 amide bonds. The highest BCUT2D eigenvalue weighted by Crippen LogP contribution is 2.47. The van der Waals surface area contributed by atoms with Crippen LogP contribution in [0.5, 0.6) is 0 Å². The third-order valence-electron chi connectivity index (χ3n) is 6.28. The van der Waals surface area contributed by atoms with Crippen molar-refractivity contribution in [3.8, 4) is 0 Å². The fourth-order valence-corrected chi connectivity index (χ4v) is 4.71. The first-order valence-corrected chi connectivity index (χ1v) is 10.7. The van der Waals surface area contributed by atoms with Crippen molar-refractivity contribution in [3.05, 3.63) is 12.3 Å². The van der Waals surface area contributed by atoms with Crippen molar-refractivity contribution in [2.75, 3.05) is 5.32 Å². The number of rotatable bonds is 8.